The van der Waals surface area contributed by atoms with Gasteiger partial charge in [-0.25, -0.2) is 4.68 Å². The molecule has 0 saturated carbocycles. The van der Waals surface area contributed by atoms with Crippen molar-refractivity contribution in [1.29, 1.82) is 0 Å². The lowest BCUT2D eigenvalue weighted by Crippen LogP contribution is -2.45. The van der Waals surface area contributed by atoms with E-state index < -0.39 is 11.9 Å². The maximum absolute atomic E-state index is 14.2. The summed E-state index contributed by atoms with van der Waals surface area (Å²) in [5, 5.41) is 14.7. The first kappa shape index (κ1) is 29.5. The maximum atomic E-state index is 14.2. The molecule has 0 bridgehead atoms. The number of para-hydroxylation sites is 1. The second kappa shape index (κ2) is 13.3. The molecule has 0 aliphatic heterocycles. The minimum atomic E-state index is -1.07. The zero-order chi connectivity index (χ0) is 30.3. The van der Waals surface area contributed by atoms with E-state index in [2.05, 4.69) is 20.9 Å². The van der Waals surface area contributed by atoms with E-state index >= 15 is 0 Å². The summed E-state index contributed by atoms with van der Waals surface area (Å²) in [5.41, 5.74) is 3.82. The Morgan fingerprint density at radius 1 is 0.860 bits per heavy atom. The number of rotatable bonds is 10. The zero-order valence-electron chi connectivity index (χ0n) is 23.8. The van der Waals surface area contributed by atoms with Crippen LogP contribution in [0.3, 0.4) is 0 Å². The summed E-state index contributed by atoms with van der Waals surface area (Å²) in [6.07, 6.45) is 0. The molecule has 2 N–H and O–H groups in total. The molecule has 43 heavy (non-hydrogen) atoms. The van der Waals surface area contributed by atoms with Crippen molar-refractivity contribution in [3.8, 4) is 0 Å². The van der Waals surface area contributed by atoms with Gasteiger partial charge in [-0.1, -0.05) is 85.3 Å². The third kappa shape index (κ3) is 7.07. The van der Waals surface area contributed by atoms with Gasteiger partial charge in [0.15, 0.2) is 0 Å². The van der Waals surface area contributed by atoms with Crippen molar-refractivity contribution in [2.75, 3.05) is 10.2 Å². The standard InChI is InChI=1S/C33H31ClN6O3/c1-22(2)32(42)36-26-15-17-27(18-16-26)40(30(41)21-39-29-14-7-6-13-28(29)37-38-39)31(24-11-8-12-25(34)19-24)33(43)35-20-23-9-4-3-5-10-23/h3-19,22,31H,20-21H2,1-2H3,(H,35,43)(H,36,42). The number of aromatic nitrogens is 3. The Morgan fingerprint density at radius 3 is 2.30 bits per heavy atom. The molecule has 218 valence electrons. The monoisotopic (exact) mass is 594 g/mol. The molecule has 3 amide bonds. The van der Waals surface area contributed by atoms with Crippen molar-refractivity contribution in [2.45, 2.75) is 33.0 Å². The highest BCUT2D eigenvalue weighted by Gasteiger charge is 2.33. The lowest BCUT2D eigenvalue weighted by atomic mass is 10.0. The largest absolute Gasteiger partial charge is 0.350 e. The number of benzene rings is 4. The molecule has 1 atom stereocenters. The molecule has 0 saturated heterocycles. The Labute approximate surface area is 254 Å². The fourth-order valence-corrected chi connectivity index (χ4v) is 4.84. The molecule has 9 nitrogen and oxygen atoms in total. The van der Waals surface area contributed by atoms with Crippen LogP contribution < -0.4 is 15.5 Å². The van der Waals surface area contributed by atoms with Crippen LogP contribution in [0.5, 0.6) is 0 Å². The first-order chi connectivity index (χ1) is 20.8. The predicted octanol–water partition coefficient (Wildman–Crippen LogP) is 5.77. The van der Waals surface area contributed by atoms with Gasteiger partial charge < -0.3 is 10.6 Å². The number of nitrogens with one attached hydrogen (secondary N) is 2. The summed E-state index contributed by atoms with van der Waals surface area (Å²) in [6.45, 7) is 3.71. The summed E-state index contributed by atoms with van der Waals surface area (Å²) in [4.78, 5) is 42.0. The summed E-state index contributed by atoms with van der Waals surface area (Å²) in [6, 6.07) is 29.5. The van der Waals surface area contributed by atoms with Crippen LogP contribution in [0.25, 0.3) is 11.0 Å². The van der Waals surface area contributed by atoms with E-state index in [1.165, 1.54) is 9.58 Å². The second-order valence-electron chi connectivity index (χ2n) is 10.4. The number of hydrogen-bond donors (Lipinski definition) is 2. The van der Waals surface area contributed by atoms with Gasteiger partial charge in [-0.05, 0) is 59.7 Å². The first-order valence-electron chi connectivity index (χ1n) is 13.9. The van der Waals surface area contributed by atoms with Crippen LogP contribution in [0, 0.1) is 5.92 Å². The number of amides is 3. The average Bonchev–Trinajstić information content (AvgIpc) is 3.42. The third-order valence-electron chi connectivity index (χ3n) is 6.89. The first-order valence-corrected chi connectivity index (χ1v) is 14.3. The fourth-order valence-electron chi connectivity index (χ4n) is 4.64. The molecule has 4 aromatic carbocycles. The van der Waals surface area contributed by atoms with E-state index in [4.69, 9.17) is 11.6 Å². The normalized spacial score (nSPS) is 11.7. The number of fused-ring (bicyclic) bond motifs is 1. The van der Waals surface area contributed by atoms with E-state index in [9.17, 15) is 14.4 Å². The lowest BCUT2D eigenvalue weighted by Gasteiger charge is -2.32. The molecule has 5 aromatic rings. The quantitative estimate of drug-likeness (QED) is 0.213. The minimum Gasteiger partial charge on any atom is -0.350 e. The van der Waals surface area contributed by atoms with E-state index in [1.807, 2.05) is 68.4 Å². The molecule has 10 heteroatoms. The van der Waals surface area contributed by atoms with Gasteiger partial charge in [-0.15, -0.1) is 5.10 Å². The SMILES string of the molecule is CC(C)C(=O)Nc1ccc(N(C(=O)Cn2nnc3ccccc32)C(C(=O)NCc2ccccc2)c2cccc(Cl)c2)cc1. The van der Waals surface area contributed by atoms with Gasteiger partial charge in [0.25, 0.3) is 0 Å². The van der Waals surface area contributed by atoms with E-state index in [0.717, 1.165) is 5.56 Å². The number of anilines is 2. The molecule has 0 fully saturated rings. The smallest absolute Gasteiger partial charge is 0.249 e. The molecular formula is C33H31ClN6O3. The summed E-state index contributed by atoms with van der Waals surface area (Å²) >= 11 is 6.37. The van der Waals surface area contributed by atoms with Gasteiger partial charge in [0.05, 0.1) is 5.52 Å². The number of nitrogens with zero attached hydrogens (tertiary/aromatic N) is 4. The zero-order valence-corrected chi connectivity index (χ0v) is 24.5. The molecular weight excluding hydrogens is 564 g/mol. The molecule has 0 radical (unpaired) electrons. The molecule has 1 heterocycles. The van der Waals surface area contributed by atoms with Crippen LogP contribution in [-0.4, -0.2) is 32.7 Å². The summed E-state index contributed by atoms with van der Waals surface area (Å²) in [5.74, 6) is -1.11. The van der Waals surface area contributed by atoms with E-state index in [0.29, 0.717) is 33.0 Å². The Morgan fingerprint density at radius 2 is 1.58 bits per heavy atom. The summed E-state index contributed by atoms with van der Waals surface area (Å²) in [7, 11) is 0. The van der Waals surface area contributed by atoms with Crippen molar-refractivity contribution in [2.24, 2.45) is 5.92 Å². The van der Waals surface area contributed by atoms with E-state index in [-0.39, 0.29) is 30.8 Å². The Balaban J connectivity index is 1.55. The van der Waals surface area contributed by atoms with Crippen molar-refractivity contribution in [3.05, 3.63) is 119 Å². The Bertz CT molecular complexity index is 1740. The van der Waals surface area contributed by atoms with Gasteiger partial charge >= 0.3 is 0 Å². The van der Waals surface area contributed by atoms with Crippen LogP contribution in [0.15, 0.2) is 103 Å². The third-order valence-corrected chi connectivity index (χ3v) is 7.13. The molecule has 0 aliphatic rings. The van der Waals surface area contributed by atoms with Crippen LogP contribution >= 0.6 is 11.6 Å². The number of hydrogen-bond acceptors (Lipinski definition) is 5. The minimum absolute atomic E-state index is 0.129. The van der Waals surface area contributed by atoms with Crippen LogP contribution in [0.4, 0.5) is 11.4 Å². The van der Waals surface area contributed by atoms with Crippen molar-refractivity contribution < 1.29 is 14.4 Å². The van der Waals surface area contributed by atoms with Gasteiger partial charge in [-0.3, -0.25) is 19.3 Å². The van der Waals surface area contributed by atoms with Crippen molar-refractivity contribution >= 4 is 51.7 Å². The van der Waals surface area contributed by atoms with E-state index in [1.54, 1.807) is 48.5 Å². The van der Waals surface area contributed by atoms with Gasteiger partial charge in [0.1, 0.15) is 18.1 Å². The average molecular weight is 595 g/mol. The Hall–Kier alpha value is -5.02. The molecule has 0 spiro atoms. The molecule has 1 unspecified atom stereocenters. The van der Waals surface area contributed by atoms with Crippen LogP contribution in [0.2, 0.25) is 5.02 Å². The van der Waals surface area contributed by atoms with Gasteiger partial charge in [0.2, 0.25) is 17.7 Å². The fraction of sp³-hybridized carbons (Fsp3) is 0.182. The van der Waals surface area contributed by atoms with Crippen LogP contribution in [0.1, 0.15) is 31.0 Å². The maximum Gasteiger partial charge on any atom is 0.249 e. The van der Waals surface area contributed by atoms with Gasteiger partial charge in [-0.2, -0.15) is 0 Å². The number of carbonyl (C=O) groups is 3. The lowest BCUT2D eigenvalue weighted by molar-refractivity contribution is -0.127. The molecule has 5 rings (SSSR count). The van der Waals surface area contributed by atoms with Crippen LogP contribution in [-0.2, 0) is 27.5 Å². The highest BCUT2D eigenvalue weighted by Crippen LogP contribution is 2.31. The second-order valence-corrected chi connectivity index (χ2v) is 10.8. The number of carbonyl (C=O) groups excluding carboxylic acids is 3. The van der Waals surface area contributed by atoms with Crippen molar-refractivity contribution in [3.63, 3.8) is 0 Å². The molecule has 0 aliphatic carbocycles. The molecule has 1 aromatic heterocycles. The van der Waals surface area contributed by atoms with Crippen molar-refractivity contribution in [1.82, 2.24) is 20.3 Å². The topological polar surface area (TPSA) is 109 Å². The Kier molecular flexibility index (Phi) is 9.12. The predicted molar refractivity (Wildman–Crippen MR) is 167 cm³/mol. The highest BCUT2D eigenvalue weighted by molar-refractivity contribution is 6.30. The van der Waals surface area contributed by atoms with Gasteiger partial charge in [0, 0.05) is 28.9 Å². The number of halogens is 1. The highest BCUT2D eigenvalue weighted by atomic mass is 35.5. The summed E-state index contributed by atoms with van der Waals surface area (Å²) < 4.78 is 1.51.